The van der Waals surface area contributed by atoms with Gasteiger partial charge in [0.25, 0.3) is 0 Å². The standard InChI is InChI=1S/C29H48O/c1-7-21(19(2)3)9-8-20(4)25-12-13-26-24-11-10-22-18-23(30)14-16-28(22,5)27(24)15-17-29(25,26)6/h8-9,11,19-23,25-27,30H,7,10,12-18H2,1-6H3/b9-8+/t20-,21+,22+,23-,25+,26+,27-,28-,29+/m1/s1. The lowest BCUT2D eigenvalue weighted by atomic mass is 9.47. The van der Waals surface area contributed by atoms with Crippen LogP contribution in [0.15, 0.2) is 23.8 Å². The molecule has 4 rings (SSSR count). The summed E-state index contributed by atoms with van der Waals surface area (Å²) in [5.74, 6) is 5.32. The second kappa shape index (κ2) is 8.42. The fraction of sp³-hybridized carbons (Fsp3) is 0.862. The molecular weight excluding hydrogens is 364 g/mol. The summed E-state index contributed by atoms with van der Waals surface area (Å²) in [7, 11) is 0. The van der Waals surface area contributed by atoms with E-state index in [2.05, 4.69) is 59.8 Å². The highest BCUT2D eigenvalue weighted by atomic mass is 16.3. The van der Waals surface area contributed by atoms with Crippen molar-refractivity contribution in [3.63, 3.8) is 0 Å². The van der Waals surface area contributed by atoms with E-state index in [4.69, 9.17) is 0 Å². The quantitative estimate of drug-likeness (QED) is 0.457. The molecule has 1 heteroatoms. The van der Waals surface area contributed by atoms with Crippen LogP contribution in [0.5, 0.6) is 0 Å². The number of aliphatic hydroxyl groups is 1. The molecule has 0 aromatic rings. The molecule has 9 atom stereocenters. The minimum atomic E-state index is -0.0480. The molecule has 0 spiro atoms. The Hall–Kier alpha value is -0.560. The molecule has 4 aliphatic rings. The predicted molar refractivity (Wildman–Crippen MR) is 128 cm³/mol. The van der Waals surface area contributed by atoms with Crippen LogP contribution in [-0.2, 0) is 0 Å². The lowest BCUT2D eigenvalue weighted by molar-refractivity contribution is -0.0414. The van der Waals surface area contributed by atoms with Crippen LogP contribution >= 0.6 is 0 Å². The number of aliphatic hydroxyl groups excluding tert-OH is 1. The van der Waals surface area contributed by atoms with Gasteiger partial charge in [-0.15, -0.1) is 0 Å². The molecule has 0 radical (unpaired) electrons. The lowest BCUT2D eigenvalue weighted by Crippen LogP contribution is -2.49. The third-order valence-electron chi connectivity index (χ3n) is 10.7. The van der Waals surface area contributed by atoms with E-state index in [1.165, 1.54) is 44.9 Å². The molecule has 30 heavy (non-hydrogen) atoms. The van der Waals surface area contributed by atoms with Gasteiger partial charge in [-0.25, -0.2) is 0 Å². The van der Waals surface area contributed by atoms with Crippen molar-refractivity contribution in [2.24, 2.45) is 52.3 Å². The molecular formula is C29H48O. The summed E-state index contributed by atoms with van der Waals surface area (Å²) in [5, 5.41) is 10.3. The Labute approximate surface area is 186 Å². The molecule has 0 amide bonds. The van der Waals surface area contributed by atoms with Crippen LogP contribution in [0.3, 0.4) is 0 Å². The van der Waals surface area contributed by atoms with Crippen molar-refractivity contribution in [2.75, 3.05) is 0 Å². The van der Waals surface area contributed by atoms with Crippen molar-refractivity contribution in [3.8, 4) is 0 Å². The van der Waals surface area contributed by atoms with Gasteiger partial charge in [0.2, 0.25) is 0 Å². The molecule has 170 valence electrons. The summed E-state index contributed by atoms with van der Waals surface area (Å²) in [6.45, 7) is 14.8. The fourth-order valence-electron chi connectivity index (χ4n) is 8.68. The van der Waals surface area contributed by atoms with Crippen LogP contribution in [0.25, 0.3) is 0 Å². The second-order valence-corrected chi connectivity index (χ2v) is 12.5. The van der Waals surface area contributed by atoms with Gasteiger partial charge in [0, 0.05) is 0 Å². The maximum absolute atomic E-state index is 10.3. The Morgan fingerprint density at radius 3 is 2.40 bits per heavy atom. The molecule has 0 saturated heterocycles. The average molecular weight is 413 g/mol. The van der Waals surface area contributed by atoms with Crippen molar-refractivity contribution in [2.45, 2.75) is 105 Å². The first-order chi connectivity index (χ1) is 14.2. The molecule has 0 bridgehead atoms. The smallest absolute Gasteiger partial charge is 0.0543 e. The van der Waals surface area contributed by atoms with E-state index in [0.29, 0.717) is 22.7 Å². The summed E-state index contributed by atoms with van der Waals surface area (Å²) in [5.41, 5.74) is 2.79. The Bertz CT molecular complexity index is 674. The molecule has 0 aliphatic heterocycles. The van der Waals surface area contributed by atoms with Crippen molar-refractivity contribution in [1.29, 1.82) is 0 Å². The normalized spacial score (nSPS) is 45.6. The zero-order chi connectivity index (χ0) is 21.7. The van der Waals surface area contributed by atoms with Crippen LogP contribution in [0, 0.1) is 52.3 Å². The van der Waals surface area contributed by atoms with Gasteiger partial charge in [0.05, 0.1) is 6.10 Å². The Morgan fingerprint density at radius 2 is 1.70 bits per heavy atom. The van der Waals surface area contributed by atoms with Crippen LogP contribution in [0.2, 0.25) is 0 Å². The van der Waals surface area contributed by atoms with Gasteiger partial charge in [-0.05, 0) is 110 Å². The van der Waals surface area contributed by atoms with E-state index in [1.54, 1.807) is 0 Å². The maximum Gasteiger partial charge on any atom is 0.0543 e. The first-order valence-electron chi connectivity index (χ1n) is 13.3. The predicted octanol–water partition coefficient (Wildman–Crippen LogP) is 7.80. The number of hydrogen-bond donors (Lipinski definition) is 1. The Balaban J connectivity index is 1.53. The monoisotopic (exact) mass is 412 g/mol. The molecule has 0 aromatic heterocycles. The van der Waals surface area contributed by atoms with Gasteiger partial charge in [-0.1, -0.05) is 65.3 Å². The third-order valence-corrected chi connectivity index (χ3v) is 10.7. The van der Waals surface area contributed by atoms with Crippen LogP contribution in [-0.4, -0.2) is 11.2 Å². The summed E-state index contributed by atoms with van der Waals surface area (Å²) < 4.78 is 0. The highest BCUT2D eigenvalue weighted by Crippen LogP contribution is 2.66. The van der Waals surface area contributed by atoms with Crippen LogP contribution in [0.4, 0.5) is 0 Å². The van der Waals surface area contributed by atoms with E-state index in [-0.39, 0.29) is 6.10 Å². The van der Waals surface area contributed by atoms with Gasteiger partial charge < -0.3 is 5.11 Å². The van der Waals surface area contributed by atoms with E-state index in [1.807, 2.05) is 5.57 Å². The lowest BCUT2D eigenvalue weighted by Gasteiger charge is -2.57. The Kier molecular flexibility index (Phi) is 6.35. The molecule has 4 aliphatic carbocycles. The minimum absolute atomic E-state index is 0.0480. The molecule has 0 unspecified atom stereocenters. The van der Waals surface area contributed by atoms with Crippen molar-refractivity contribution < 1.29 is 5.11 Å². The third kappa shape index (κ3) is 3.66. The number of hydrogen-bond acceptors (Lipinski definition) is 1. The maximum atomic E-state index is 10.3. The van der Waals surface area contributed by atoms with Gasteiger partial charge >= 0.3 is 0 Å². The zero-order valence-corrected chi connectivity index (χ0v) is 20.7. The number of allylic oxidation sites excluding steroid dienone is 4. The summed E-state index contributed by atoms with van der Waals surface area (Å²) >= 11 is 0. The first kappa shape index (κ1) is 22.6. The van der Waals surface area contributed by atoms with E-state index < -0.39 is 0 Å². The van der Waals surface area contributed by atoms with Gasteiger partial charge in [0.1, 0.15) is 0 Å². The van der Waals surface area contributed by atoms with E-state index >= 15 is 0 Å². The summed E-state index contributed by atoms with van der Waals surface area (Å²) in [4.78, 5) is 0. The summed E-state index contributed by atoms with van der Waals surface area (Å²) in [6, 6.07) is 0. The van der Waals surface area contributed by atoms with Crippen molar-refractivity contribution >= 4 is 0 Å². The van der Waals surface area contributed by atoms with Gasteiger partial charge in [0.15, 0.2) is 0 Å². The number of rotatable bonds is 5. The highest BCUT2D eigenvalue weighted by molar-refractivity contribution is 5.28. The molecule has 1 nitrogen and oxygen atoms in total. The van der Waals surface area contributed by atoms with Crippen LogP contribution in [0.1, 0.15) is 99.3 Å². The second-order valence-electron chi connectivity index (χ2n) is 12.5. The first-order valence-corrected chi connectivity index (χ1v) is 13.3. The Morgan fingerprint density at radius 1 is 1.00 bits per heavy atom. The molecule has 1 N–H and O–H groups in total. The SMILES string of the molecule is CC[C@@H](/C=C/[C@@H](C)[C@@H]1CC[C@H]2C3=CC[C@H]4C[C@H](O)CC[C@@]4(C)[C@@H]3CC[C@]21C)C(C)C. The van der Waals surface area contributed by atoms with E-state index in [0.717, 1.165) is 42.4 Å². The molecule has 0 aromatic carbocycles. The van der Waals surface area contributed by atoms with E-state index in [9.17, 15) is 5.11 Å². The minimum Gasteiger partial charge on any atom is -0.393 e. The van der Waals surface area contributed by atoms with Gasteiger partial charge in [-0.3, -0.25) is 0 Å². The average Bonchev–Trinajstić information content (AvgIpc) is 3.06. The summed E-state index contributed by atoms with van der Waals surface area (Å²) in [6.07, 6.45) is 19.2. The van der Waals surface area contributed by atoms with Gasteiger partial charge in [-0.2, -0.15) is 0 Å². The largest absolute Gasteiger partial charge is 0.393 e. The highest BCUT2D eigenvalue weighted by Gasteiger charge is 2.57. The molecule has 0 heterocycles. The zero-order valence-electron chi connectivity index (χ0n) is 20.7. The van der Waals surface area contributed by atoms with Crippen LogP contribution < -0.4 is 0 Å². The molecule has 3 saturated carbocycles. The van der Waals surface area contributed by atoms with Crippen molar-refractivity contribution in [1.82, 2.24) is 0 Å². The fourth-order valence-corrected chi connectivity index (χ4v) is 8.68. The topological polar surface area (TPSA) is 20.2 Å². The van der Waals surface area contributed by atoms with Crippen molar-refractivity contribution in [3.05, 3.63) is 23.8 Å². The molecule has 3 fully saturated rings. The number of fused-ring (bicyclic) bond motifs is 5.